The van der Waals surface area contributed by atoms with Gasteiger partial charge in [0.1, 0.15) is 35.6 Å². The number of halogens is 2. The topological polar surface area (TPSA) is 113 Å². The maximum absolute atomic E-state index is 14.6. The number of aliphatic hydroxyl groups is 1. The third kappa shape index (κ3) is 8.08. The molecule has 1 aromatic heterocycles. The summed E-state index contributed by atoms with van der Waals surface area (Å²) in [5, 5.41) is 24.0. The summed E-state index contributed by atoms with van der Waals surface area (Å²) in [7, 11) is 1.80. The minimum atomic E-state index is -1.68. The number of nitrogens with zero attached hydrogens (tertiary/aromatic N) is 4. The van der Waals surface area contributed by atoms with E-state index in [9.17, 15) is 18.7 Å². The van der Waals surface area contributed by atoms with Gasteiger partial charge in [-0.25, -0.2) is 23.9 Å². The van der Waals surface area contributed by atoms with E-state index in [-0.39, 0.29) is 25.1 Å². The number of rotatable bonds is 14. The summed E-state index contributed by atoms with van der Waals surface area (Å²) in [4.78, 5) is 16.7. The van der Waals surface area contributed by atoms with E-state index in [1.54, 1.807) is 12.5 Å². The van der Waals surface area contributed by atoms with Gasteiger partial charge in [-0.1, -0.05) is 18.2 Å². The fourth-order valence-corrected chi connectivity index (χ4v) is 3.99. The molecule has 3 N–H and O–H groups in total. The summed E-state index contributed by atoms with van der Waals surface area (Å²) in [6, 6.07) is 10.6. The molecule has 0 bridgehead atoms. The molecule has 194 valence electrons. The van der Waals surface area contributed by atoms with Crippen molar-refractivity contribution >= 4 is 5.91 Å². The van der Waals surface area contributed by atoms with Gasteiger partial charge >= 0.3 is 0 Å². The van der Waals surface area contributed by atoms with Crippen LogP contribution >= 0.6 is 0 Å². The molecule has 1 atom stereocenters. The lowest BCUT2D eigenvalue weighted by Gasteiger charge is -2.33. The first kappa shape index (κ1) is 27.2. The van der Waals surface area contributed by atoms with Gasteiger partial charge in [-0.05, 0) is 50.1 Å². The van der Waals surface area contributed by atoms with Gasteiger partial charge in [-0.2, -0.15) is 5.10 Å². The first-order valence-electron chi connectivity index (χ1n) is 11.6. The van der Waals surface area contributed by atoms with Crippen LogP contribution in [0.2, 0.25) is 0 Å². The summed E-state index contributed by atoms with van der Waals surface area (Å²) in [6.45, 7) is 0.980. The van der Waals surface area contributed by atoms with Crippen molar-refractivity contribution in [1.82, 2.24) is 25.1 Å². The normalized spacial score (nSPS) is 12.9. The van der Waals surface area contributed by atoms with Crippen LogP contribution in [-0.4, -0.2) is 56.1 Å². The number of aromatic nitrogens is 3. The molecule has 3 rings (SSSR count). The van der Waals surface area contributed by atoms with Crippen LogP contribution in [0.15, 0.2) is 55.1 Å². The number of nitrogens with one attached hydrogen (secondary N) is 1. The molecule has 0 saturated heterocycles. The molecule has 2 aromatic carbocycles. The molecule has 11 heteroatoms. The molecule has 3 aromatic rings. The van der Waals surface area contributed by atoms with Gasteiger partial charge in [-0.15, -0.1) is 0 Å². The van der Waals surface area contributed by atoms with Crippen LogP contribution in [0, 0.1) is 11.6 Å². The highest BCUT2D eigenvalue weighted by molar-refractivity contribution is 5.74. The molecule has 0 fully saturated rings. The quantitative estimate of drug-likeness (QED) is 0.176. The number of likely N-dealkylation sites (N-methyl/N-ethyl adjacent to an activating group) is 1. The Morgan fingerprint density at radius 3 is 2.61 bits per heavy atom. The molecule has 0 spiro atoms. The van der Waals surface area contributed by atoms with E-state index < -0.39 is 23.1 Å². The lowest BCUT2D eigenvalue weighted by atomic mass is 9.92. The second-order valence-electron chi connectivity index (χ2n) is 8.76. The van der Waals surface area contributed by atoms with E-state index in [1.165, 1.54) is 23.4 Å². The van der Waals surface area contributed by atoms with Gasteiger partial charge in [0.05, 0.1) is 13.2 Å². The fraction of sp³-hybridized carbons (Fsp3) is 0.400. The van der Waals surface area contributed by atoms with Gasteiger partial charge in [0, 0.05) is 31.1 Å². The molecule has 0 saturated carbocycles. The molecule has 1 amide bonds. The van der Waals surface area contributed by atoms with Crippen molar-refractivity contribution in [2.24, 2.45) is 0 Å². The van der Waals surface area contributed by atoms with Crippen LogP contribution in [0.25, 0.3) is 0 Å². The third-order valence-corrected chi connectivity index (χ3v) is 5.67. The fourth-order valence-electron chi connectivity index (χ4n) is 3.99. The van der Waals surface area contributed by atoms with Gasteiger partial charge in [0.15, 0.2) is 0 Å². The molecule has 0 radical (unpaired) electrons. The summed E-state index contributed by atoms with van der Waals surface area (Å²) in [5.74, 6) is -1.23. The molecule has 0 aliphatic rings. The minimum absolute atomic E-state index is 0.0213. The molecule has 36 heavy (non-hydrogen) atoms. The summed E-state index contributed by atoms with van der Waals surface area (Å²) in [5.41, 5.74) is 0.871. The number of unbranched alkanes of at least 4 members (excludes halogenated alkanes) is 2. The SMILES string of the molecule is CN(Cc1ccc(OCCCCCC(=O)NO)cc1)CC(O)(Cn1cncn1)c1ccc(F)cc1F. The molecule has 0 aliphatic heterocycles. The Kier molecular flexibility index (Phi) is 9.86. The molecule has 1 heterocycles. The number of carbonyl (C=O) groups is 1. The monoisotopic (exact) mass is 503 g/mol. The minimum Gasteiger partial charge on any atom is -0.494 e. The standard InChI is InChI=1S/C25H31F2N5O4/c1-31(14-19-6-9-21(10-7-19)36-12-4-2-3-5-24(33)30-35)15-25(34,16-32-18-28-17-29-32)22-11-8-20(26)13-23(22)27/h6-11,13,17-18,34-35H,2-5,12,14-16H2,1H3,(H,30,33). The van der Waals surface area contributed by atoms with Gasteiger partial charge < -0.3 is 9.84 Å². The second kappa shape index (κ2) is 13.1. The number of ether oxygens (including phenoxy) is 1. The number of amides is 1. The van der Waals surface area contributed by atoms with E-state index in [1.807, 2.05) is 29.2 Å². The molecule has 1 unspecified atom stereocenters. The smallest absolute Gasteiger partial charge is 0.243 e. The first-order valence-corrected chi connectivity index (χ1v) is 11.6. The predicted octanol–water partition coefficient (Wildman–Crippen LogP) is 3.02. The zero-order valence-corrected chi connectivity index (χ0v) is 20.1. The predicted molar refractivity (Wildman–Crippen MR) is 127 cm³/mol. The van der Waals surface area contributed by atoms with Crippen LogP contribution in [0.1, 0.15) is 36.8 Å². The molecular weight excluding hydrogens is 472 g/mol. The van der Waals surface area contributed by atoms with E-state index >= 15 is 0 Å². The van der Waals surface area contributed by atoms with Crippen molar-refractivity contribution in [2.75, 3.05) is 20.2 Å². The van der Waals surface area contributed by atoms with Crippen molar-refractivity contribution in [3.8, 4) is 5.75 Å². The Balaban J connectivity index is 1.56. The lowest BCUT2D eigenvalue weighted by Crippen LogP contribution is -2.43. The Hall–Kier alpha value is -3.41. The largest absolute Gasteiger partial charge is 0.494 e. The Morgan fingerprint density at radius 2 is 1.94 bits per heavy atom. The van der Waals surface area contributed by atoms with Gasteiger partial charge in [0.2, 0.25) is 5.91 Å². The maximum Gasteiger partial charge on any atom is 0.243 e. The zero-order chi connectivity index (χ0) is 26.0. The van der Waals surface area contributed by atoms with E-state index in [0.29, 0.717) is 25.3 Å². The van der Waals surface area contributed by atoms with E-state index in [2.05, 4.69) is 10.1 Å². The summed E-state index contributed by atoms with van der Waals surface area (Å²) in [6.07, 6.45) is 5.30. The van der Waals surface area contributed by atoms with Crippen LogP contribution in [0.3, 0.4) is 0 Å². The van der Waals surface area contributed by atoms with Gasteiger partial charge in [0.25, 0.3) is 0 Å². The Bertz CT molecular complexity index is 1100. The lowest BCUT2D eigenvalue weighted by molar-refractivity contribution is -0.129. The average molecular weight is 504 g/mol. The summed E-state index contributed by atoms with van der Waals surface area (Å²) >= 11 is 0. The third-order valence-electron chi connectivity index (χ3n) is 5.67. The number of hydrogen-bond donors (Lipinski definition) is 3. The van der Waals surface area contributed by atoms with Crippen molar-refractivity contribution in [1.29, 1.82) is 0 Å². The molecule has 0 aliphatic carbocycles. The highest BCUT2D eigenvalue weighted by Crippen LogP contribution is 2.28. The number of benzene rings is 2. The Labute approximate surface area is 208 Å². The molecule has 9 nitrogen and oxygen atoms in total. The number of carbonyl (C=O) groups excluding carboxylic acids is 1. The van der Waals surface area contributed by atoms with Crippen LogP contribution in [-0.2, 0) is 23.5 Å². The van der Waals surface area contributed by atoms with Crippen LogP contribution < -0.4 is 10.2 Å². The molecular formula is C25H31F2N5O4. The summed E-state index contributed by atoms with van der Waals surface area (Å²) < 4.78 is 35.2. The van der Waals surface area contributed by atoms with Crippen molar-refractivity contribution in [2.45, 2.75) is 44.4 Å². The highest BCUT2D eigenvalue weighted by Gasteiger charge is 2.34. The maximum atomic E-state index is 14.6. The van der Waals surface area contributed by atoms with Crippen LogP contribution in [0.4, 0.5) is 8.78 Å². The van der Waals surface area contributed by atoms with E-state index in [0.717, 1.165) is 30.5 Å². The van der Waals surface area contributed by atoms with E-state index in [4.69, 9.17) is 9.94 Å². The first-order chi connectivity index (χ1) is 17.3. The second-order valence-corrected chi connectivity index (χ2v) is 8.76. The van der Waals surface area contributed by atoms with Crippen molar-refractivity contribution in [3.63, 3.8) is 0 Å². The number of hydroxylamine groups is 1. The van der Waals surface area contributed by atoms with Crippen molar-refractivity contribution in [3.05, 3.63) is 77.9 Å². The average Bonchev–Trinajstić information content (AvgIpc) is 3.34. The number of hydrogen-bond acceptors (Lipinski definition) is 7. The van der Waals surface area contributed by atoms with Crippen LogP contribution in [0.5, 0.6) is 5.75 Å². The van der Waals surface area contributed by atoms with Crippen molar-refractivity contribution < 1.29 is 28.6 Å². The Morgan fingerprint density at radius 1 is 1.17 bits per heavy atom. The zero-order valence-electron chi connectivity index (χ0n) is 20.1. The van der Waals surface area contributed by atoms with Gasteiger partial charge in [-0.3, -0.25) is 14.9 Å². The highest BCUT2D eigenvalue weighted by atomic mass is 19.1.